The molecule has 2 N–H and O–H groups in total. The van der Waals surface area contributed by atoms with Crippen LogP contribution < -0.4 is 0 Å². The molecule has 6 rings (SSSR count). The lowest BCUT2D eigenvalue weighted by Crippen LogP contribution is -2.46. The minimum atomic E-state index is -0.105. The molecule has 7 atom stereocenters. The van der Waals surface area contributed by atoms with Crippen molar-refractivity contribution in [2.45, 2.75) is 57.0 Å². The minimum absolute atomic E-state index is 0.105. The number of aliphatic hydroxyl groups excluding tert-OH is 1. The second-order valence-electron chi connectivity index (χ2n) is 9.96. The van der Waals surface area contributed by atoms with Crippen molar-refractivity contribution in [1.29, 1.82) is 0 Å². The van der Waals surface area contributed by atoms with Crippen LogP contribution in [0.2, 0.25) is 0 Å². The Labute approximate surface area is 161 Å². The standard InChI is InChI=1S/C25H28O2/c1-24-10-9-19-18-8-7-17(26)11-16(18)12-20(15-5-3-2-4-6-15)23(19)25(24)13-21(25)22(27)14-24/h2-8,11,19-23,26-27H,9-10,12-14H2,1H3/t19-,20+,21-,22+,23+,24-,25-/m1/s1. The zero-order chi connectivity index (χ0) is 18.4. The summed E-state index contributed by atoms with van der Waals surface area (Å²) in [7, 11) is 0. The van der Waals surface area contributed by atoms with Crippen molar-refractivity contribution in [1.82, 2.24) is 0 Å². The van der Waals surface area contributed by atoms with E-state index >= 15 is 0 Å². The maximum absolute atomic E-state index is 10.8. The van der Waals surface area contributed by atoms with Crippen LogP contribution in [-0.2, 0) is 6.42 Å². The van der Waals surface area contributed by atoms with Gasteiger partial charge in [0.1, 0.15) is 5.75 Å². The third-order valence-corrected chi connectivity index (χ3v) is 8.97. The molecule has 3 fully saturated rings. The first-order valence-electron chi connectivity index (χ1n) is 10.6. The van der Waals surface area contributed by atoms with Gasteiger partial charge < -0.3 is 10.2 Å². The van der Waals surface area contributed by atoms with Gasteiger partial charge >= 0.3 is 0 Å². The molecule has 4 aliphatic rings. The van der Waals surface area contributed by atoms with Crippen molar-refractivity contribution in [2.24, 2.45) is 22.7 Å². The molecular weight excluding hydrogens is 332 g/mol. The highest BCUT2D eigenvalue weighted by Gasteiger charge is 2.77. The third kappa shape index (κ3) is 1.95. The first-order valence-corrected chi connectivity index (χ1v) is 10.6. The van der Waals surface area contributed by atoms with Gasteiger partial charge in [-0.15, -0.1) is 0 Å². The predicted molar refractivity (Wildman–Crippen MR) is 106 cm³/mol. The number of hydrogen-bond acceptors (Lipinski definition) is 2. The highest BCUT2D eigenvalue weighted by atomic mass is 16.3. The van der Waals surface area contributed by atoms with Crippen LogP contribution in [0.4, 0.5) is 0 Å². The Morgan fingerprint density at radius 3 is 2.59 bits per heavy atom. The highest BCUT2D eigenvalue weighted by Crippen LogP contribution is 2.82. The van der Waals surface area contributed by atoms with Crippen LogP contribution >= 0.6 is 0 Å². The molecule has 0 unspecified atom stereocenters. The number of fused-ring (bicyclic) bond motifs is 3. The summed E-state index contributed by atoms with van der Waals surface area (Å²) in [5, 5.41) is 20.9. The Morgan fingerprint density at radius 1 is 1.00 bits per heavy atom. The SMILES string of the molecule is C[C@]12CC[C@@H]3c4ccc(O)cc4C[C@@H](c4ccccc4)[C@H]3[C@]13C[C@@H]3[C@@H](O)C2. The maximum Gasteiger partial charge on any atom is 0.115 e. The van der Waals surface area contributed by atoms with Crippen LogP contribution in [0.5, 0.6) is 5.75 Å². The van der Waals surface area contributed by atoms with E-state index in [2.05, 4.69) is 43.3 Å². The van der Waals surface area contributed by atoms with E-state index in [1.54, 1.807) is 0 Å². The van der Waals surface area contributed by atoms with E-state index in [4.69, 9.17) is 0 Å². The second-order valence-corrected chi connectivity index (χ2v) is 9.96. The Kier molecular flexibility index (Phi) is 3.10. The summed E-state index contributed by atoms with van der Waals surface area (Å²) in [6, 6.07) is 17.1. The van der Waals surface area contributed by atoms with Crippen molar-refractivity contribution in [2.75, 3.05) is 0 Å². The smallest absolute Gasteiger partial charge is 0.115 e. The van der Waals surface area contributed by atoms with Crippen LogP contribution in [0.25, 0.3) is 0 Å². The number of aliphatic hydroxyl groups is 1. The van der Waals surface area contributed by atoms with Crippen molar-refractivity contribution < 1.29 is 10.2 Å². The van der Waals surface area contributed by atoms with Crippen molar-refractivity contribution in [3.8, 4) is 5.75 Å². The molecule has 2 aromatic carbocycles. The largest absolute Gasteiger partial charge is 0.508 e. The molecule has 0 amide bonds. The zero-order valence-corrected chi connectivity index (χ0v) is 15.9. The topological polar surface area (TPSA) is 40.5 Å². The summed E-state index contributed by atoms with van der Waals surface area (Å²) in [5.74, 6) is 2.54. The third-order valence-electron chi connectivity index (χ3n) is 8.97. The van der Waals surface area contributed by atoms with Crippen LogP contribution in [0.3, 0.4) is 0 Å². The van der Waals surface area contributed by atoms with Gasteiger partial charge in [-0.05, 0) is 95.4 Å². The van der Waals surface area contributed by atoms with Gasteiger partial charge in [-0.3, -0.25) is 0 Å². The molecule has 3 saturated carbocycles. The molecule has 1 spiro atoms. The molecule has 0 saturated heterocycles. The average molecular weight is 360 g/mol. The Morgan fingerprint density at radius 2 is 1.81 bits per heavy atom. The number of hydrogen-bond donors (Lipinski definition) is 2. The Bertz CT molecular complexity index is 906. The van der Waals surface area contributed by atoms with Gasteiger partial charge in [-0.1, -0.05) is 43.3 Å². The Hall–Kier alpha value is -1.80. The lowest BCUT2D eigenvalue weighted by molar-refractivity contribution is 0.00636. The van der Waals surface area contributed by atoms with Gasteiger partial charge in [-0.2, -0.15) is 0 Å². The second kappa shape index (κ2) is 5.17. The first-order chi connectivity index (χ1) is 13.0. The number of phenolic OH excluding ortho intramolecular Hbond substituents is 1. The molecular formula is C25H28O2. The van der Waals surface area contributed by atoms with Crippen molar-refractivity contribution in [3.05, 3.63) is 65.2 Å². The molecule has 0 radical (unpaired) electrons. The van der Waals surface area contributed by atoms with Crippen LogP contribution in [-0.4, -0.2) is 16.3 Å². The number of aromatic hydroxyl groups is 1. The van der Waals surface area contributed by atoms with E-state index in [1.807, 2.05) is 12.1 Å². The maximum atomic E-state index is 10.8. The monoisotopic (exact) mass is 360 g/mol. The summed E-state index contributed by atoms with van der Waals surface area (Å²) in [6.45, 7) is 2.47. The lowest BCUT2D eigenvalue weighted by atomic mass is 9.49. The van der Waals surface area contributed by atoms with Gasteiger partial charge in [0.15, 0.2) is 0 Å². The Balaban J connectivity index is 1.54. The molecule has 2 heteroatoms. The van der Waals surface area contributed by atoms with Gasteiger partial charge in [0.2, 0.25) is 0 Å². The molecule has 0 heterocycles. The quantitative estimate of drug-likeness (QED) is 0.751. The van der Waals surface area contributed by atoms with E-state index in [0.717, 1.165) is 12.8 Å². The number of benzene rings is 2. The number of phenols is 1. The molecule has 0 aromatic heterocycles. The van der Waals surface area contributed by atoms with Crippen LogP contribution in [0.15, 0.2) is 48.5 Å². The van der Waals surface area contributed by atoms with E-state index in [9.17, 15) is 10.2 Å². The van der Waals surface area contributed by atoms with Crippen LogP contribution in [0, 0.1) is 22.7 Å². The minimum Gasteiger partial charge on any atom is -0.508 e. The predicted octanol–water partition coefficient (Wildman–Crippen LogP) is 5.00. The summed E-state index contributed by atoms with van der Waals surface area (Å²) in [6.07, 6.45) is 5.54. The van der Waals surface area contributed by atoms with E-state index in [-0.39, 0.29) is 6.10 Å². The fraction of sp³-hybridized carbons (Fsp3) is 0.520. The fourth-order valence-corrected chi connectivity index (χ4v) is 7.91. The normalized spacial score (nSPS) is 44.0. The molecule has 140 valence electrons. The summed E-state index contributed by atoms with van der Waals surface area (Å²) < 4.78 is 0. The number of rotatable bonds is 1. The summed E-state index contributed by atoms with van der Waals surface area (Å²) >= 11 is 0. The molecule has 2 aromatic rings. The van der Waals surface area contributed by atoms with E-state index < -0.39 is 0 Å². The molecule has 2 nitrogen and oxygen atoms in total. The van der Waals surface area contributed by atoms with Gasteiger partial charge in [0.25, 0.3) is 0 Å². The van der Waals surface area contributed by atoms with E-state index in [0.29, 0.717) is 40.3 Å². The lowest BCUT2D eigenvalue weighted by Gasteiger charge is -2.54. The van der Waals surface area contributed by atoms with Gasteiger partial charge in [0.05, 0.1) is 6.10 Å². The zero-order valence-electron chi connectivity index (χ0n) is 15.9. The molecule has 4 aliphatic carbocycles. The molecule has 0 aliphatic heterocycles. The molecule has 0 bridgehead atoms. The molecule has 27 heavy (non-hydrogen) atoms. The van der Waals surface area contributed by atoms with Crippen LogP contribution in [0.1, 0.15) is 61.1 Å². The highest BCUT2D eigenvalue weighted by molar-refractivity contribution is 5.45. The van der Waals surface area contributed by atoms with Crippen molar-refractivity contribution >= 4 is 0 Å². The van der Waals surface area contributed by atoms with E-state index in [1.165, 1.54) is 36.0 Å². The average Bonchev–Trinajstić information content (AvgIpc) is 3.37. The summed E-state index contributed by atoms with van der Waals surface area (Å²) in [4.78, 5) is 0. The van der Waals surface area contributed by atoms with Crippen molar-refractivity contribution in [3.63, 3.8) is 0 Å². The van der Waals surface area contributed by atoms with Gasteiger partial charge in [0, 0.05) is 0 Å². The first kappa shape index (κ1) is 16.2. The fourth-order valence-electron chi connectivity index (χ4n) is 7.91. The summed E-state index contributed by atoms with van der Waals surface area (Å²) in [5.41, 5.74) is 4.84. The van der Waals surface area contributed by atoms with Gasteiger partial charge in [-0.25, -0.2) is 0 Å².